The van der Waals surface area contributed by atoms with Crippen LogP contribution in [0.15, 0.2) is 71.8 Å². The molecule has 12 nitrogen and oxygen atoms in total. The zero-order chi connectivity index (χ0) is 35.0. The maximum Gasteiger partial charge on any atom is 0.355 e. The molecule has 0 spiro atoms. The zero-order valence-electron chi connectivity index (χ0n) is 27.6. The van der Waals surface area contributed by atoms with Gasteiger partial charge in [-0.15, -0.1) is 0 Å². The van der Waals surface area contributed by atoms with Gasteiger partial charge in [-0.2, -0.15) is 5.10 Å². The zero-order valence-corrected chi connectivity index (χ0v) is 27.6. The highest BCUT2D eigenvalue weighted by Crippen LogP contribution is 2.37. The lowest BCUT2D eigenvalue weighted by molar-refractivity contribution is -0.135. The molecular weight excluding hydrogens is 629 g/mol. The van der Waals surface area contributed by atoms with Crippen molar-refractivity contribution in [1.29, 1.82) is 0 Å². The third-order valence-electron chi connectivity index (χ3n) is 8.88. The van der Waals surface area contributed by atoms with Crippen LogP contribution in [0.2, 0.25) is 0 Å². The van der Waals surface area contributed by atoms with E-state index in [2.05, 4.69) is 21.5 Å². The van der Waals surface area contributed by atoms with E-state index in [-0.39, 0.29) is 34.7 Å². The molecule has 0 bridgehead atoms. The van der Waals surface area contributed by atoms with E-state index in [0.29, 0.717) is 35.7 Å². The molecule has 0 aliphatic carbocycles. The fourth-order valence-electron chi connectivity index (χ4n) is 6.39. The molecule has 0 radical (unpaired) electrons. The summed E-state index contributed by atoms with van der Waals surface area (Å²) in [6.07, 6.45) is 3.01. The number of fused-ring (bicyclic) bond motifs is 1. The molecule has 0 unspecified atom stereocenters. The van der Waals surface area contributed by atoms with E-state index in [9.17, 15) is 23.6 Å². The quantitative estimate of drug-likeness (QED) is 0.231. The number of nitrogen functional groups attached to an aromatic ring is 1. The summed E-state index contributed by atoms with van der Waals surface area (Å²) in [7, 11) is 1.19. The van der Waals surface area contributed by atoms with Gasteiger partial charge in [-0.3, -0.25) is 19.0 Å². The molecule has 5 aromatic rings. The molecule has 3 N–H and O–H groups in total. The van der Waals surface area contributed by atoms with Gasteiger partial charge >= 0.3 is 5.97 Å². The highest BCUT2D eigenvalue weighted by molar-refractivity contribution is 6.05. The first-order valence-electron chi connectivity index (χ1n) is 15.9. The predicted octanol–water partition coefficient (Wildman–Crippen LogP) is 4.98. The Balaban J connectivity index is 1.28. The Bertz CT molecular complexity index is 2130. The maximum absolute atomic E-state index is 13.7. The number of hydrogen-bond acceptors (Lipinski definition) is 8. The number of carbonyl (C=O) groups excluding carboxylic acids is 3. The van der Waals surface area contributed by atoms with Crippen molar-refractivity contribution in [3.8, 4) is 16.8 Å². The number of benzene rings is 2. The van der Waals surface area contributed by atoms with Crippen LogP contribution in [-0.4, -0.2) is 62.0 Å². The number of rotatable bonds is 7. The van der Waals surface area contributed by atoms with Crippen molar-refractivity contribution >= 4 is 34.8 Å². The summed E-state index contributed by atoms with van der Waals surface area (Å²) in [5.41, 5.74) is 9.53. The lowest BCUT2D eigenvalue weighted by atomic mass is 9.92. The third kappa shape index (κ3) is 6.26. The van der Waals surface area contributed by atoms with Crippen LogP contribution in [0.4, 0.5) is 15.9 Å². The summed E-state index contributed by atoms with van der Waals surface area (Å²) >= 11 is 0. The number of methoxy groups -OCH3 is 1. The molecule has 2 aromatic carbocycles. The lowest BCUT2D eigenvalue weighted by Gasteiger charge is -2.33. The third-order valence-corrected chi connectivity index (χ3v) is 8.88. The van der Waals surface area contributed by atoms with Crippen LogP contribution in [0.25, 0.3) is 22.3 Å². The van der Waals surface area contributed by atoms with Crippen LogP contribution in [0, 0.1) is 18.7 Å². The van der Waals surface area contributed by atoms with Gasteiger partial charge in [-0.1, -0.05) is 26.0 Å². The molecule has 13 heteroatoms. The highest BCUT2D eigenvalue weighted by atomic mass is 19.1. The van der Waals surface area contributed by atoms with E-state index in [1.165, 1.54) is 31.6 Å². The smallest absolute Gasteiger partial charge is 0.355 e. The van der Waals surface area contributed by atoms with Crippen LogP contribution in [0.3, 0.4) is 0 Å². The SMILES string of the molecule is COC(=O)c1c(C)cc(C(=O)Nc2ccc(-c3cc(C4CCN(C(=O)C(C)C)CC4)n4ncnc(N)c34)cc2)c(=O)n1-c1ccc(F)cc1. The van der Waals surface area contributed by atoms with Gasteiger partial charge < -0.3 is 20.7 Å². The summed E-state index contributed by atoms with van der Waals surface area (Å²) in [5.74, 6) is -1.39. The second kappa shape index (κ2) is 13.3. The van der Waals surface area contributed by atoms with E-state index < -0.39 is 23.3 Å². The van der Waals surface area contributed by atoms with Crippen LogP contribution in [0.5, 0.6) is 0 Å². The Hall–Kier alpha value is -5.85. The Morgan fingerprint density at radius 1 is 1.02 bits per heavy atom. The van der Waals surface area contributed by atoms with Gasteiger partial charge in [-0.25, -0.2) is 18.7 Å². The number of aryl methyl sites for hydroxylation is 1. The summed E-state index contributed by atoms with van der Waals surface area (Å²) in [6, 6.07) is 15.5. The number of carbonyl (C=O) groups is 3. The molecular formula is C36H36FN7O5. The predicted molar refractivity (Wildman–Crippen MR) is 182 cm³/mol. The molecule has 6 rings (SSSR count). The fraction of sp³-hybridized carbons (Fsp3) is 0.278. The molecule has 4 heterocycles. The van der Waals surface area contributed by atoms with Crippen molar-refractivity contribution in [2.75, 3.05) is 31.2 Å². The number of aromatic nitrogens is 4. The molecule has 49 heavy (non-hydrogen) atoms. The minimum absolute atomic E-state index is 0.0473. The Morgan fingerprint density at radius 2 is 1.69 bits per heavy atom. The van der Waals surface area contributed by atoms with Gasteiger partial charge in [0.15, 0.2) is 5.82 Å². The first-order chi connectivity index (χ1) is 23.5. The van der Waals surface area contributed by atoms with Gasteiger partial charge in [0, 0.05) is 47.6 Å². The molecule has 1 saturated heterocycles. The Morgan fingerprint density at radius 3 is 2.33 bits per heavy atom. The van der Waals surface area contributed by atoms with Crippen molar-refractivity contribution in [2.24, 2.45) is 5.92 Å². The first-order valence-corrected chi connectivity index (χ1v) is 15.9. The van der Waals surface area contributed by atoms with E-state index in [0.717, 1.165) is 46.4 Å². The van der Waals surface area contributed by atoms with E-state index in [4.69, 9.17) is 10.5 Å². The van der Waals surface area contributed by atoms with Crippen molar-refractivity contribution in [1.82, 2.24) is 24.1 Å². The largest absolute Gasteiger partial charge is 0.464 e. The number of halogens is 1. The number of likely N-dealkylation sites (tertiary alicyclic amines) is 1. The monoisotopic (exact) mass is 665 g/mol. The molecule has 0 saturated carbocycles. The van der Waals surface area contributed by atoms with Crippen LogP contribution in [-0.2, 0) is 9.53 Å². The molecule has 252 valence electrons. The minimum Gasteiger partial charge on any atom is -0.464 e. The Kier molecular flexibility index (Phi) is 9.00. The summed E-state index contributed by atoms with van der Waals surface area (Å²) in [4.78, 5) is 58.4. The maximum atomic E-state index is 13.7. The fourth-order valence-corrected chi connectivity index (χ4v) is 6.39. The van der Waals surface area contributed by atoms with Crippen LogP contribution in [0.1, 0.15) is 64.7 Å². The summed E-state index contributed by atoms with van der Waals surface area (Å²) < 4.78 is 21.4. The molecule has 3 aromatic heterocycles. The van der Waals surface area contributed by atoms with Crippen molar-refractivity contribution in [2.45, 2.75) is 39.5 Å². The van der Waals surface area contributed by atoms with Gasteiger partial charge in [0.25, 0.3) is 11.5 Å². The Labute approximate surface area is 281 Å². The number of pyridine rings is 1. The second-order valence-corrected chi connectivity index (χ2v) is 12.4. The van der Waals surface area contributed by atoms with Gasteiger partial charge in [0.1, 0.15) is 28.9 Å². The van der Waals surface area contributed by atoms with Gasteiger partial charge in [0.2, 0.25) is 5.91 Å². The van der Waals surface area contributed by atoms with Gasteiger partial charge in [0.05, 0.1) is 7.11 Å². The number of anilines is 2. The number of nitrogens with two attached hydrogens (primary N) is 1. The van der Waals surface area contributed by atoms with E-state index in [1.807, 2.05) is 35.4 Å². The summed E-state index contributed by atoms with van der Waals surface area (Å²) in [5, 5.41) is 7.28. The van der Waals surface area contributed by atoms with Crippen molar-refractivity contribution in [3.05, 3.63) is 106 Å². The topological polar surface area (TPSA) is 154 Å². The molecule has 1 aliphatic rings. The number of esters is 1. The van der Waals surface area contributed by atoms with E-state index >= 15 is 0 Å². The van der Waals surface area contributed by atoms with Crippen LogP contribution >= 0.6 is 0 Å². The number of piperidine rings is 1. The molecule has 2 amide bonds. The number of ether oxygens (including phenoxy) is 1. The number of amides is 2. The average molecular weight is 666 g/mol. The molecule has 1 aliphatic heterocycles. The first kappa shape index (κ1) is 33.1. The van der Waals surface area contributed by atoms with Gasteiger partial charge in [-0.05, 0) is 79.4 Å². The number of nitrogens with one attached hydrogen (secondary N) is 1. The average Bonchev–Trinajstić information content (AvgIpc) is 3.50. The standard InChI is InChI=1S/C36H36FN7O5/c1-20(2)34(46)42-15-13-23(14-16-42)29-18-27(31-32(38)39-19-40-44(29)31)22-5-9-25(10-6-22)41-33(45)28-17-21(3)30(36(48)49-4)43(35(28)47)26-11-7-24(37)8-12-26/h5-12,17-20,23H,13-16H2,1-4H3,(H,41,45)(H2,38,39,40). The van der Waals surface area contributed by atoms with Crippen LogP contribution < -0.4 is 16.6 Å². The van der Waals surface area contributed by atoms with E-state index in [1.54, 1.807) is 19.1 Å². The molecule has 0 atom stereocenters. The minimum atomic E-state index is -0.777. The molecule has 1 fully saturated rings. The van der Waals surface area contributed by atoms with Crippen molar-refractivity contribution in [3.63, 3.8) is 0 Å². The highest BCUT2D eigenvalue weighted by Gasteiger charge is 2.29. The number of hydrogen-bond donors (Lipinski definition) is 2. The van der Waals surface area contributed by atoms with Crippen molar-refractivity contribution < 1.29 is 23.5 Å². The lowest BCUT2D eigenvalue weighted by Crippen LogP contribution is -2.40. The second-order valence-electron chi connectivity index (χ2n) is 12.4. The normalized spacial score (nSPS) is 13.6. The number of nitrogens with zero attached hydrogens (tertiary/aromatic N) is 5. The summed E-state index contributed by atoms with van der Waals surface area (Å²) in [6.45, 7) is 6.73.